The monoisotopic (exact) mass is 384 g/mol. The summed E-state index contributed by atoms with van der Waals surface area (Å²) in [5, 5.41) is 2.09. The molecule has 1 aliphatic rings. The number of ether oxygens (including phenoxy) is 2. The Morgan fingerprint density at radius 2 is 2.12 bits per heavy atom. The van der Waals surface area contributed by atoms with Gasteiger partial charge in [-0.05, 0) is 19.1 Å². The minimum Gasteiger partial charge on any atom is -0.497 e. The van der Waals surface area contributed by atoms with E-state index in [2.05, 4.69) is 5.32 Å². The van der Waals surface area contributed by atoms with E-state index in [0.29, 0.717) is 0 Å². The number of rotatable bonds is 7. The molecule has 1 aliphatic heterocycles. The predicted molar refractivity (Wildman–Crippen MR) is 90.4 cm³/mol. The number of halogens is 1. The second kappa shape index (κ2) is 8.65. The average Bonchev–Trinajstić information content (AvgIpc) is 2.93. The number of esters is 1. The van der Waals surface area contributed by atoms with Gasteiger partial charge < -0.3 is 14.8 Å². The van der Waals surface area contributed by atoms with Gasteiger partial charge in [-0.1, -0.05) is 11.8 Å². The molecule has 2 rings (SSSR count). The largest absolute Gasteiger partial charge is 0.497 e. The predicted octanol–water partition coefficient (Wildman–Crippen LogP) is 1.19. The van der Waals surface area contributed by atoms with Crippen molar-refractivity contribution in [2.24, 2.45) is 0 Å². The van der Waals surface area contributed by atoms with E-state index in [-0.39, 0.29) is 41.3 Å². The highest BCUT2D eigenvalue weighted by Gasteiger charge is 2.29. The number of carbonyl (C=O) groups excluding carboxylic acids is 4. The third kappa shape index (κ3) is 4.72. The van der Waals surface area contributed by atoms with Crippen LogP contribution in [0, 0.1) is 5.82 Å². The van der Waals surface area contributed by atoms with Crippen molar-refractivity contribution >= 4 is 34.8 Å². The Hall–Kier alpha value is -2.62. The Bertz CT molecular complexity index is 725. The zero-order valence-electron chi connectivity index (χ0n) is 14.1. The lowest BCUT2D eigenvalue weighted by molar-refractivity contribution is -0.130. The van der Waals surface area contributed by atoms with Crippen molar-refractivity contribution in [1.29, 1.82) is 0 Å². The maximum atomic E-state index is 13.8. The number of thioether (sulfide) groups is 1. The van der Waals surface area contributed by atoms with E-state index in [0.717, 1.165) is 22.7 Å². The smallest absolute Gasteiger partial charge is 0.341 e. The van der Waals surface area contributed by atoms with E-state index < -0.39 is 23.8 Å². The first-order valence-corrected chi connectivity index (χ1v) is 8.61. The first kappa shape index (κ1) is 19.7. The van der Waals surface area contributed by atoms with Crippen LogP contribution < -0.4 is 10.1 Å². The average molecular weight is 384 g/mol. The first-order chi connectivity index (χ1) is 12.3. The van der Waals surface area contributed by atoms with E-state index in [1.165, 1.54) is 26.2 Å². The summed E-state index contributed by atoms with van der Waals surface area (Å²) < 4.78 is 23.6. The minimum atomic E-state index is -1.18. The van der Waals surface area contributed by atoms with Gasteiger partial charge in [0.05, 0.1) is 18.4 Å². The molecular formula is C16H17FN2O6S. The number of nitrogens with zero attached hydrogens (tertiary/aromatic N) is 1. The molecular weight excluding hydrogens is 367 g/mol. The molecule has 8 nitrogen and oxygen atoms in total. The molecule has 0 saturated carbocycles. The Kier molecular flexibility index (Phi) is 6.56. The van der Waals surface area contributed by atoms with Crippen molar-refractivity contribution in [3.63, 3.8) is 0 Å². The van der Waals surface area contributed by atoms with Crippen LogP contribution in [0.15, 0.2) is 18.2 Å². The molecule has 26 heavy (non-hydrogen) atoms. The van der Waals surface area contributed by atoms with Gasteiger partial charge in [-0.25, -0.2) is 9.18 Å². The molecule has 1 aromatic carbocycles. The molecule has 1 saturated heterocycles. The van der Waals surface area contributed by atoms with Gasteiger partial charge in [0.15, 0.2) is 6.10 Å². The fourth-order valence-corrected chi connectivity index (χ4v) is 2.85. The number of hydrogen-bond acceptors (Lipinski definition) is 7. The molecule has 10 heteroatoms. The first-order valence-electron chi connectivity index (χ1n) is 7.63. The van der Waals surface area contributed by atoms with Gasteiger partial charge in [0.25, 0.3) is 11.1 Å². The third-order valence-corrected chi connectivity index (χ3v) is 4.38. The second-order valence-electron chi connectivity index (χ2n) is 5.28. The molecule has 1 aromatic rings. The lowest BCUT2D eigenvalue weighted by Gasteiger charge is -2.16. The Labute approximate surface area is 153 Å². The lowest BCUT2D eigenvalue weighted by atomic mass is 10.2. The van der Waals surface area contributed by atoms with Gasteiger partial charge >= 0.3 is 5.97 Å². The fraction of sp³-hybridized carbons (Fsp3) is 0.375. The second-order valence-corrected chi connectivity index (χ2v) is 6.21. The Morgan fingerprint density at radius 3 is 2.69 bits per heavy atom. The Balaban J connectivity index is 1.83. The molecule has 140 valence electrons. The number of amides is 3. The molecule has 3 amide bonds. The van der Waals surface area contributed by atoms with Crippen LogP contribution in [0.2, 0.25) is 0 Å². The number of hydrogen-bond donors (Lipinski definition) is 1. The number of methoxy groups -OCH3 is 1. The van der Waals surface area contributed by atoms with Gasteiger partial charge in [0.2, 0.25) is 5.91 Å². The van der Waals surface area contributed by atoms with Crippen LogP contribution in [-0.2, 0) is 14.3 Å². The topological polar surface area (TPSA) is 102 Å². The van der Waals surface area contributed by atoms with Crippen molar-refractivity contribution < 1.29 is 33.0 Å². The normalized spacial score (nSPS) is 15.0. The summed E-state index contributed by atoms with van der Waals surface area (Å²) in [7, 11) is 1.36. The van der Waals surface area contributed by atoms with Crippen LogP contribution in [0.25, 0.3) is 0 Å². The summed E-state index contributed by atoms with van der Waals surface area (Å²) in [5.41, 5.74) is -0.323. The molecule has 1 heterocycles. The summed E-state index contributed by atoms with van der Waals surface area (Å²) in [6.45, 7) is 1.39. The van der Waals surface area contributed by atoms with Gasteiger partial charge in [-0.2, -0.15) is 0 Å². The quantitative estimate of drug-likeness (QED) is 0.705. The summed E-state index contributed by atoms with van der Waals surface area (Å²) >= 11 is 0.900. The number of carbonyl (C=O) groups is 4. The molecule has 0 aliphatic carbocycles. The standard InChI is InChI=1S/C16H17FN2O6S/c1-9(14(21)18-5-6-19-13(20)8-26-16(19)23)25-15(22)11-4-3-10(24-2)7-12(11)17/h3-4,7,9H,5-6,8H2,1-2H3,(H,18,21)/t9-/m1/s1. The van der Waals surface area contributed by atoms with E-state index in [9.17, 15) is 23.6 Å². The van der Waals surface area contributed by atoms with Crippen LogP contribution in [0.3, 0.4) is 0 Å². The van der Waals surface area contributed by atoms with Crippen LogP contribution in [0.5, 0.6) is 5.75 Å². The van der Waals surface area contributed by atoms with E-state index in [1.54, 1.807) is 0 Å². The molecule has 1 N–H and O–H groups in total. The zero-order valence-corrected chi connectivity index (χ0v) is 14.9. The van der Waals surface area contributed by atoms with E-state index in [1.807, 2.05) is 0 Å². The van der Waals surface area contributed by atoms with Crippen LogP contribution in [0.4, 0.5) is 9.18 Å². The summed E-state index contributed by atoms with van der Waals surface area (Å²) in [6, 6.07) is 3.62. The molecule has 0 radical (unpaired) electrons. The van der Waals surface area contributed by atoms with Crippen molar-refractivity contribution in [2.75, 3.05) is 26.0 Å². The number of benzene rings is 1. The third-order valence-electron chi connectivity index (χ3n) is 3.52. The van der Waals surface area contributed by atoms with Crippen LogP contribution in [0.1, 0.15) is 17.3 Å². The molecule has 0 aromatic heterocycles. The van der Waals surface area contributed by atoms with Gasteiger partial charge in [-0.15, -0.1) is 0 Å². The molecule has 0 spiro atoms. The SMILES string of the molecule is COc1ccc(C(=O)O[C@H](C)C(=O)NCCN2C(=O)CSC2=O)c(F)c1. The Morgan fingerprint density at radius 1 is 1.38 bits per heavy atom. The highest BCUT2D eigenvalue weighted by molar-refractivity contribution is 8.14. The van der Waals surface area contributed by atoms with Crippen LogP contribution >= 0.6 is 11.8 Å². The van der Waals surface area contributed by atoms with Gasteiger partial charge in [-0.3, -0.25) is 19.3 Å². The molecule has 0 bridgehead atoms. The fourth-order valence-electron chi connectivity index (χ4n) is 2.10. The summed E-state index contributed by atoms with van der Waals surface area (Å²) in [4.78, 5) is 47.8. The lowest BCUT2D eigenvalue weighted by Crippen LogP contribution is -2.41. The highest BCUT2D eigenvalue weighted by Crippen LogP contribution is 2.18. The van der Waals surface area contributed by atoms with Crippen molar-refractivity contribution in [3.8, 4) is 5.75 Å². The highest BCUT2D eigenvalue weighted by atomic mass is 32.2. The number of nitrogens with one attached hydrogen (secondary N) is 1. The van der Waals surface area contributed by atoms with Crippen molar-refractivity contribution in [2.45, 2.75) is 13.0 Å². The van der Waals surface area contributed by atoms with Crippen LogP contribution in [-0.4, -0.2) is 60.0 Å². The van der Waals surface area contributed by atoms with Gasteiger partial charge in [0.1, 0.15) is 11.6 Å². The maximum absolute atomic E-state index is 13.8. The molecule has 1 atom stereocenters. The maximum Gasteiger partial charge on any atom is 0.341 e. The summed E-state index contributed by atoms with van der Waals surface area (Å²) in [5.74, 6) is -2.43. The van der Waals surface area contributed by atoms with E-state index in [4.69, 9.17) is 9.47 Å². The zero-order chi connectivity index (χ0) is 19.3. The minimum absolute atomic E-state index is 0.0235. The number of imide groups is 1. The van der Waals surface area contributed by atoms with Crippen molar-refractivity contribution in [1.82, 2.24) is 10.2 Å². The van der Waals surface area contributed by atoms with Gasteiger partial charge in [0, 0.05) is 19.2 Å². The van der Waals surface area contributed by atoms with Crippen molar-refractivity contribution in [3.05, 3.63) is 29.6 Å². The molecule has 1 fully saturated rings. The van der Waals surface area contributed by atoms with E-state index >= 15 is 0 Å². The summed E-state index contributed by atoms with van der Waals surface area (Å²) in [6.07, 6.45) is -1.18. The molecule has 0 unspecified atom stereocenters.